The number of aromatic nitrogens is 1. The van der Waals surface area contributed by atoms with Crippen LogP contribution in [-0.2, 0) is 16.6 Å². The zero-order valence-corrected chi connectivity index (χ0v) is 13.2. The van der Waals surface area contributed by atoms with Gasteiger partial charge < -0.3 is 5.73 Å². The zero-order chi connectivity index (χ0) is 14.8. The fourth-order valence-electron chi connectivity index (χ4n) is 1.70. The summed E-state index contributed by atoms with van der Waals surface area (Å²) in [7, 11) is -3.63. The lowest BCUT2D eigenvalue weighted by Crippen LogP contribution is -2.24. The molecule has 0 spiro atoms. The predicted molar refractivity (Wildman–Crippen MR) is 81.6 cm³/mol. The van der Waals surface area contributed by atoms with Crippen molar-refractivity contribution < 1.29 is 8.42 Å². The summed E-state index contributed by atoms with van der Waals surface area (Å²) in [6.45, 7) is 1.81. The number of nitrogens with zero attached hydrogens (tertiary/aromatic N) is 1. The lowest BCUT2D eigenvalue weighted by atomic mass is 10.2. The Kier molecular flexibility index (Phi) is 4.42. The molecule has 0 aliphatic rings. The molecule has 0 radical (unpaired) electrons. The SMILES string of the molecule is Cc1c(N)cc(Br)cc1S(=O)(=O)NCc1ccccn1. The minimum Gasteiger partial charge on any atom is -0.398 e. The Hall–Kier alpha value is -1.44. The summed E-state index contributed by atoms with van der Waals surface area (Å²) >= 11 is 3.25. The van der Waals surface area contributed by atoms with Gasteiger partial charge in [0.15, 0.2) is 0 Å². The maximum atomic E-state index is 12.3. The normalized spacial score (nSPS) is 11.5. The zero-order valence-electron chi connectivity index (χ0n) is 10.8. The summed E-state index contributed by atoms with van der Waals surface area (Å²) < 4.78 is 27.8. The monoisotopic (exact) mass is 355 g/mol. The molecule has 1 aromatic carbocycles. The number of rotatable bonds is 4. The van der Waals surface area contributed by atoms with Crippen LogP contribution in [0.4, 0.5) is 5.69 Å². The molecule has 1 heterocycles. The number of hydrogen-bond acceptors (Lipinski definition) is 4. The van der Waals surface area contributed by atoms with Gasteiger partial charge in [-0.3, -0.25) is 4.98 Å². The highest BCUT2D eigenvalue weighted by Crippen LogP contribution is 2.26. The minimum atomic E-state index is -3.63. The minimum absolute atomic E-state index is 0.134. The molecule has 0 aliphatic carbocycles. The molecule has 0 aliphatic heterocycles. The number of nitrogens with one attached hydrogen (secondary N) is 1. The Bertz CT molecular complexity index is 718. The summed E-state index contributed by atoms with van der Waals surface area (Å²) in [5.74, 6) is 0. The van der Waals surface area contributed by atoms with Crippen LogP contribution < -0.4 is 10.5 Å². The number of halogens is 1. The van der Waals surface area contributed by atoms with Crippen LogP contribution in [0.3, 0.4) is 0 Å². The summed E-state index contributed by atoms with van der Waals surface area (Å²) in [5.41, 5.74) is 7.40. The second-order valence-corrected chi connectivity index (χ2v) is 6.91. The van der Waals surface area contributed by atoms with Crippen LogP contribution >= 0.6 is 15.9 Å². The van der Waals surface area contributed by atoms with Crippen molar-refractivity contribution in [2.45, 2.75) is 18.4 Å². The van der Waals surface area contributed by atoms with Crippen LogP contribution in [-0.4, -0.2) is 13.4 Å². The highest BCUT2D eigenvalue weighted by molar-refractivity contribution is 9.10. The van der Waals surface area contributed by atoms with Crippen molar-refractivity contribution in [3.05, 3.63) is 52.3 Å². The summed E-state index contributed by atoms with van der Waals surface area (Å²) in [4.78, 5) is 4.24. The van der Waals surface area contributed by atoms with Gasteiger partial charge in [0.2, 0.25) is 10.0 Å². The number of benzene rings is 1. The van der Waals surface area contributed by atoms with E-state index < -0.39 is 10.0 Å². The Balaban J connectivity index is 2.27. The molecule has 0 saturated heterocycles. The van der Waals surface area contributed by atoms with E-state index in [-0.39, 0.29) is 11.4 Å². The quantitative estimate of drug-likeness (QED) is 0.823. The molecule has 0 fully saturated rings. The molecule has 20 heavy (non-hydrogen) atoms. The number of sulfonamides is 1. The first kappa shape index (κ1) is 15.0. The third kappa shape index (κ3) is 3.36. The van der Waals surface area contributed by atoms with E-state index in [1.165, 1.54) is 6.07 Å². The lowest BCUT2D eigenvalue weighted by molar-refractivity contribution is 0.580. The maximum absolute atomic E-state index is 12.3. The molecule has 2 aromatic rings. The topological polar surface area (TPSA) is 85.1 Å². The first-order valence-corrected chi connectivity index (χ1v) is 8.13. The van der Waals surface area contributed by atoms with Crippen molar-refractivity contribution in [1.29, 1.82) is 0 Å². The van der Waals surface area contributed by atoms with Crippen molar-refractivity contribution >= 4 is 31.6 Å². The second kappa shape index (κ2) is 5.90. The fourth-order valence-corrected chi connectivity index (χ4v) is 3.63. The van der Waals surface area contributed by atoms with Crippen LogP contribution in [0.2, 0.25) is 0 Å². The smallest absolute Gasteiger partial charge is 0.241 e. The Labute approximate surface area is 126 Å². The third-order valence-electron chi connectivity index (χ3n) is 2.82. The molecule has 5 nitrogen and oxygen atoms in total. The molecule has 0 atom stereocenters. The number of nitrogen functional groups attached to an aromatic ring is 1. The molecular formula is C13H14BrN3O2S. The first-order chi connectivity index (χ1) is 9.40. The van der Waals surface area contributed by atoms with Gasteiger partial charge in [0.25, 0.3) is 0 Å². The van der Waals surface area contributed by atoms with E-state index in [4.69, 9.17) is 5.73 Å². The van der Waals surface area contributed by atoms with Crippen LogP contribution in [0, 0.1) is 6.92 Å². The average molecular weight is 356 g/mol. The van der Waals surface area contributed by atoms with Crippen molar-refractivity contribution in [2.75, 3.05) is 5.73 Å². The van der Waals surface area contributed by atoms with Gasteiger partial charge in [-0.1, -0.05) is 22.0 Å². The summed E-state index contributed by atoms with van der Waals surface area (Å²) in [5, 5.41) is 0. The number of nitrogens with two attached hydrogens (primary N) is 1. The largest absolute Gasteiger partial charge is 0.398 e. The number of pyridine rings is 1. The van der Waals surface area contributed by atoms with Gasteiger partial charge in [-0.2, -0.15) is 0 Å². The standard InChI is InChI=1S/C13H14BrN3O2S/c1-9-12(15)6-10(14)7-13(9)20(18,19)17-8-11-4-2-3-5-16-11/h2-7,17H,8,15H2,1H3. The molecule has 0 saturated carbocycles. The van der Waals surface area contributed by atoms with Crippen molar-refractivity contribution in [1.82, 2.24) is 9.71 Å². The van der Waals surface area contributed by atoms with Gasteiger partial charge in [-0.05, 0) is 36.8 Å². The Morgan fingerprint density at radius 3 is 2.75 bits per heavy atom. The molecule has 106 valence electrons. The van der Waals surface area contributed by atoms with E-state index in [1.54, 1.807) is 37.4 Å². The third-order valence-corrected chi connectivity index (χ3v) is 4.81. The molecule has 0 bridgehead atoms. The fraction of sp³-hybridized carbons (Fsp3) is 0.154. The highest BCUT2D eigenvalue weighted by atomic mass is 79.9. The van der Waals surface area contributed by atoms with E-state index >= 15 is 0 Å². The van der Waals surface area contributed by atoms with Crippen LogP contribution in [0.5, 0.6) is 0 Å². The van der Waals surface area contributed by atoms with Gasteiger partial charge in [-0.15, -0.1) is 0 Å². The Morgan fingerprint density at radius 1 is 1.35 bits per heavy atom. The number of hydrogen-bond donors (Lipinski definition) is 2. The van der Waals surface area contributed by atoms with Gasteiger partial charge in [-0.25, -0.2) is 13.1 Å². The second-order valence-electron chi connectivity index (χ2n) is 4.26. The van der Waals surface area contributed by atoms with Crippen molar-refractivity contribution in [3.63, 3.8) is 0 Å². The van der Waals surface area contributed by atoms with E-state index in [1.807, 2.05) is 0 Å². The van der Waals surface area contributed by atoms with Gasteiger partial charge >= 0.3 is 0 Å². The molecule has 7 heteroatoms. The van der Waals surface area contributed by atoms with Crippen LogP contribution in [0.15, 0.2) is 45.9 Å². The summed E-state index contributed by atoms with van der Waals surface area (Å²) in [6, 6.07) is 8.54. The van der Waals surface area contributed by atoms with E-state index in [0.717, 1.165) is 0 Å². The average Bonchev–Trinajstić information content (AvgIpc) is 2.42. The molecular weight excluding hydrogens is 342 g/mol. The van der Waals surface area contributed by atoms with Gasteiger partial charge in [0, 0.05) is 16.4 Å². The van der Waals surface area contributed by atoms with Crippen molar-refractivity contribution in [3.8, 4) is 0 Å². The maximum Gasteiger partial charge on any atom is 0.241 e. The highest BCUT2D eigenvalue weighted by Gasteiger charge is 2.18. The molecule has 1 aromatic heterocycles. The molecule has 2 rings (SSSR count). The molecule has 3 N–H and O–H groups in total. The number of anilines is 1. The first-order valence-electron chi connectivity index (χ1n) is 5.85. The lowest BCUT2D eigenvalue weighted by Gasteiger charge is -2.11. The Morgan fingerprint density at radius 2 is 2.10 bits per heavy atom. The van der Waals surface area contributed by atoms with Crippen LogP contribution in [0.25, 0.3) is 0 Å². The van der Waals surface area contributed by atoms with Crippen LogP contribution in [0.1, 0.15) is 11.3 Å². The van der Waals surface area contributed by atoms with Gasteiger partial charge in [0.05, 0.1) is 17.1 Å². The molecule has 0 amide bonds. The van der Waals surface area contributed by atoms with Crippen molar-refractivity contribution in [2.24, 2.45) is 0 Å². The predicted octanol–water partition coefficient (Wildman–Crippen LogP) is 2.21. The molecule has 0 unspecified atom stereocenters. The van der Waals surface area contributed by atoms with E-state index in [0.29, 0.717) is 21.4 Å². The summed E-state index contributed by atoms with van der Waals surface area (Å²) in [6.07, 6.45) is 1.62. The van der Waals surface area contributed by atoms with E-state index in [2.05, 4.69) is 25.6 Å². The van der Waals surface area contributed by atoms with Gasteiger partial charge in [0.1, 0.15) is 0 Å². The van der Waals surface area contributed by atoms with E-state index in [9.17, 15) is 8.42 Å².